The molecule has 212 valence electrons. The highest BCUT2D eigenvalue weighted by atomic mass is 32.2. The van der Waals surface area contributed by atoms with Crippen LogP contribution in [0.3, 0.4) is 0 Å². The van der Waals surface area contributed by atoms with Crippen molar-refractivity contribution in [3.63, 3.8) is 0 Å². The lowest BCUT2D eigenvalue weighted by atomic mass is 9.90. The van der Waals surface area contributed by atoms with Crippen molar-refractivity contribution >= 4 is 34.4 Å². The molecule has 0 saturated carbocycles. The molecule has 0 aliphatic heterocycles. The van der Waals surface area contributed by atoms with E-state index in [9.17, 15) is 9.59 Å². The van der Waals surface area contributed by atoms with Gasteiger partial charge in [-0.3, -0.25) is 21.3 Å². The molecule has 0 rings (SSSR count). The van der Waals surface area contributed by atoms with Crippen molar-refractivity contribution in [1.29, 1.82) is 0 Å². The first-order chi connectivity index (χ1) is 16.4. The maximum atomic E-state index is 13.4. The Morgan fingerprint density at radius 3 is 1.19 bits per heavy atom. The minimum atomic E-state index is -0.975. The summed E-state index contributed by atoms with van der Waals surface area (Å²) in [5.74, 6) is 11.5. The van der Waals surface area contributed by atoms with E-state index >= 15 is 0 Å². The highest BCUT2D eigenvalue weighted by Crippen LogP contribution is 2.40. The van der Waals surface area contributed by atoms with Crippen LogP contribution in [-0.2, 0) is 0 Å². The summed E-state index contributed by atoms with van der Waals surface area (Å²) in [5, 5.41) is 9.42. The molecule has 0 aromatic rings. The first kappa shape index (κ1) is 35.1. The van der Waals surface area contributed by atoms with E-state index in [1.807, 2.05) is 55.4 Å². The molecule has 0 aromatic carbocycles. The molecule has 0 spiro atoms. The summed E-state index contributed by atoms with van der Waals surface area (Å²) >= 11 is 1.66. The van der Waals surface area contributed by atoms with Crippen LogP contribution in [-0.4, -0.2) is 42.7 Å². The molecule has 2 atom stereocenters. The van der Waals surface area contributed by atoms with E-state index in [0.29, 0.717) is 25.7 Å². The molecular weight excluding hydrogens is 496 g/mol. The molecule has 0 aliphatic rings. The van der Waals surface area contributed by atoms with Crippen LogP contribution < -0.4 is 21.3 Å². The van der Waals surface area contributed by atoms with Crippen LogP contribution >= 0.6 is 23.9 Å². The van der Waals surface area contributed by atoms with Gasteiger partial charge in [0.2, 0.25) is 0 Å². The Kier molecular flexibility index (Phi) is 13.9. The van der Waals surface area contributed by atoms with Gasteiger partial charge in [0.1, 0.15) is 0 Å². The van der Waals surface area contributed by atoms with Gasteiger partial charge in [0.15, 0.2) is 11.3 Å². The quantitative estimate of drug-likeness (QED) is 0.0844. The van der Waals surface area contributed by atoms with E-state index in [1.54, 1.807) is 9.80 Å². The fourth-order valence-corrected chi connectivity index (χ4v) is 6.09. The molecule has 0 saturated heterocycles. The topological polar surface area (TPSA) is 141 Å². The summed E-state index contributed by atoms with van der Waals surface area (Å²) in [4.78, 5) is 35.1. The second kappa shape index (κ2) is 14.3. The standard InChI is InChI=1S/C24H52N8O2S2/c1-13-21(7,8)31(19(33)35-29-25)23(11,15-17(3)4)27-28-24(12,16-18(5)6)32(20(34)36-30-26)22(9,10)14-2/h17-18,29-30H,13-16,25-26H2,1-12H3/b28-27+. The molecule has 12 heteroatoms. The average Bonchev–Trinajstić information content (AvgIpc) is 2.71. The number of hydrogen-bond donors (Lipinski definition) is 4. The molecule has 2 amide bonds. The summed E-state index contributed by atoms with van der Waals surface area (Å²) < 4.78 is 0. The Hall–Kier alpha value is -0.920. The van der Waals surface area contributed by atoms with E-state index in [1.165, 1.54) is 0 Å². The molecule has 2 unspecified atom stereocenters. The number of rotatable bonds is 14. The number of amides is 2. The predicted octanol–water partition coefficient (Wildman–Crippen LogP) is 6.41. The molecule has 0 aliphatic carbocycles. The smallest absolute Gasteiger partial charge is 0.300 e. The zero-order valence-electron chi connectivity index (χ0n) is 24.6. The van der Waals surface area contributed by atoms with Crippen molar-refractivity contribution in [2.75, 3.05) is 0 Å². The number of hydrazine groups is 2. The van der Waals surface area contributed by atoms with Crippen LogP contribution in [0.5, 0.6) is 0 Å². The van der Waals surface area contributed by atoms with Crippen LogP contribution in [0.15, 0.2) is 10.2 Å². The van der Waals surface area contributed by atoms with Crippen molar-refractivity contribution in [1.82, 2.24) is 19.5 Å². The Bertz CT molecular complexity index is 688. The number of azo groups is 1. The van der Waals surface area contributed by atoms with Crippen LogP contribution in [0.25, 0.3) is 0 Å². The predicted molar refractivity (Wildman–Crippen MR) is 154 cm³/mol. The van der Waals surface area contributed by atoms with Gasteiger partial charge in [0, 0.05) is 35.0 Å². The van der Waals surface area contributed by atoms with Gasteiger partial charge in [-0.1, -0.05) is 41.5 Å². The number of carbonyl (C=O) groups excluding carboxylic acids is 2. The number of nitrogens with one attached hydrogen (secondary N) is 2. The van der Waals surface area contributed by atoms with Crippen molar-refractivity contribution in [2.45, 2.75) is 131 Å². The van der Waals surface area contributed by atoms with Gasteiger partial charge in [0.05, 0.1) is 0 Å². The summed E-state index contributed by atoms with van der Waals surface area (Å²) in [6.07, 6.45) is 2.59. The normalized spacial score (nSPS) is 16.3. The summed E-state index contributed by atoms with van der Waals surface area (Å²) in [6.45, 7) is 24.4. The summed E-state index contributed by atoms with van der Waals surface area (Å²) in [6, 6.07) is 0. The van der Waals surface area contributed by atoms with Crippen molar-refractivity contribution in [2.24, 2.45) is 33.7 Å². The first-order valence-electron chi connectivity index (χ1n) is 12.7. The van der Waals surface area contributed by atoms with Gasteiger partial charge in [-0.15, -0.1) is 0 Å². The molecule has 36 heavy (non-hydrogen) atoms. The van der Waals surface area contributed by atoms with Gasteiger partial charge in [0.25, 0.3) is 10.5 Å². The molecule has 6 N–H and O–H groups in total. The third-order valence-electron chi connectivity index (χ3n) is 6.63. The van der Waals surface area contributed by atoms with Crippen molar-refractivity contribution in [3.8, 4) is 0 Å². The van der Waals surface area contributed by atoms with Crippen LogP contribution in [0.4, 0.5) is 9.59 Å². The zero-order valence-corrected chi connectivity index (χ0v) is 26.2. The maximum absolute atomic E-state index is 13.4. The average molecular weight is 549 g/mol. The molecule has 0 bridgehead atoms. The van der Waals surface area contributed by atoms with Gasteiger partial charge in [-0.2, -0.15) is 19.9 Å². The highest BCUT2D eigenvalue weighted by molar-refractivity contribution is 8.12. The molecule has 10 nitrogen and oxygen atoms in total. The van der Waals surface area contributed by atoms with E-state index in [4.69, 9.17) is 21.9 Å². The van der Waals surface area contributed by atoms with Crippen LogP contribution in [0.1, 0.15) is 109 Å². The summed E-state index contributed by atoms with van der Waals surface area (Å²) in [7, 11) is 0. The lowest BCUT2D eigenvalue weighted by molar-refractivity contribution is 0.0171. The Morgan fingerprint density at radius 1 is 0.722 bits per heavy atom. The Balaban J connectivity index is 7.11. The van der Waals surface area contributed by atoms with E-state index < -0.39 is 22.4 Å². The number of hydrogen-bond acceptors (Lipinski definition) is 10. The monoisotopic (exact) mass is 548 g/mol. The lowest BCUT2D eigenvalue weighted by Gasteiger charge is -2.50. The number of nitrogens with zero attached hydrogens (tertiary/aromatic N) is 4. The van der Waals surface area contributed by atoms with Gasteiger partial charge < -0.3 is 9.80 Å². The fourth-order valence-electron chi connectivity index (χ4n) is 4.82. The highest BCUT2D eigenvalue weighted by Gasteiger charge is 2.48. The Morgan fingerprint density at radius 2 is 1.00 bits per heavy atom. The third-order valence-corrected chi connectivity index (χ3v) is 7.58. The van der Waals surface area contributed by atoms with Gasteiger partial charge in [-0.05, 0) is 79.1 Å². The van der Waals surface area contributed by atoms with Crippen LogP contribution in [0, 0.1) is 11.8 Å². The van der Waals surface area contributed by atoms with Gasteiger partial charge >= 0.3 is 0 Å². The number of carbonyl (C=O) groups is 2. The largest absolute Gasteiger partial charge is 0.301 e. The SMILES string of the molecule is CCC(C)(C)N(C(=O)SNN)C(C)(CC(C)C)/N=N/C(C)(CC(C)C)N(C(=O)SNN)C(C)(C)CC. The fraction of sp³-hybridized carbons (Fsp3) is 0.917. The van der Waals surface area contributed by atoms with E-state index in [2.05, 4.69) is 37.4 Å². The molecule has 0 radical (unpaired) electrons. The minimum Gasteiger partial charge on any atom is -0.301 e. The minimum absolute atomic E-state index is 0.228. The lowest BCUT2D eigenvalue weighted by Crippen LogP contribution is -2.60. The first-order valence-corrected chi connectivity index (χ1v) is 14.4. The molecule has 0 heterocycles. The van der Waals surface area contributed by atoms with Crippen LogP contribution in [0.2, 0.25) is 0 Å². The van der Waals surface area contributed by atoms with Crippen molar-refractivity contribution < 1.29 is 9.59 Å². The molecular formula is C24H52N8O2S2. The second-order valence-corrected chi connectivity index (χ2v) is 13.4. The van der Waals surface area contributed by atoms with Gasteiger partial charge in [-0.25, -0.2) is 0 Å². The second-order valence-electron chi connectivity index (χ2n) is 11.8. The molecule has 0 fully saturated rings. The maximum Gasteiger partial charge on any atom is 0.300 e. The third kappa shape index (κ3) is 9.43. The number of nitrogens with two attached hydrogens (primary N) is 2. The van der Waals surface area contributed by atoms with E-state index in [0.717, 1.165) is 23.9 Å². The molecule has 0 aromatic heterocycles. The van der Waals surface area contributed by atoms with E-state index in [-0.39, 0.29) is 22.3 Å². The summed E-state index contributed by atoms with van der Waals surface area (Å²) in [5.41, 5.74) is -2.99. The Labute approximate surface area is 228 Å². The zero-order chi connectivity index (χ0) is 28.5. The van der Waals surface area contributed by atoms with Crippen molar-refractivity contribution in [3.05, 3.63) is 0 Å².